The van der Waals surface area contributed by atoms with Crippen molar-refractivity contribution in [3.05, 3.63) is 88.1 Å². The Kier molecular flexibility index (Phi) is 5.36. The lowest BCUT2D eigenvalue weighted by Gasteiger charge is -2.25. The van der Waals surface area contributed by atoms with Crippen LogP contribution in [0, 0.1) is 6.92 Å². The predicted molar refractivity (Wildman–Crippen MR) is 121 cm³/mol. The zero-order chi connectivity index (χ0) is 21.2. The first kappa shape index (κ1) is 19.7. The van der Waals surface area contributed by atoms with E-state index in [9.17, 15) is 4.79 Å². The maximum Gasteiger partial charge on any atom is 0.263 e. The molecule has 6 nitrogen and oxygen atoms in total. The molecule has 1 N–H and O–H groups in total. The monoisotopic (exact) mass is 430 g/mol. The van der Waals surface area contributed by atoms with Crippen LogP contribution in [0.1, 0.15) is 32.3 Å². The highest BCUT2D eigenvalue weighted by Gasteiger charge is 2.25. The molecule has 0 spiro atoms. The van der Waals surface area contributed by atoms with Crippen molar-refractivity contribution in [2.75, 3.05) is 11.9 Å². The Bertz CT molecular complexity index is 1200. The molecule has 0 bridgehead atoms. The number of rotatable bonds is 5. The van der Waals surface area contributed by atoms with Gasteiger partial charge < -0.3 is 4.52 Å². The summed E-state index contributed by atoms with van der Waals surface area (Å²) in [6.45, 7) is 4.48. The third kappa shape index (κ3) is 4.15. The van der Waals surface area contributed by atoms with Crippen LogP contribution in [0.2, 0.25) is 0 Å². The van der Waals surface area contributed by atoms with E-state index < -0.39 is 0 Å². The molecule has 3 heterocycles. The maximum atomic E-state index is 13.1. The molecule has 31 heavy (non-hydrogen) atoms. The number of hydrogen-bond donors (Lipinski definition) is 1. The van der Waals surface area contributed by atoms with Gasteiger partial charge in [-0.1, -0.05) is 65.8 Å². The Morgan fingerprint density at radius 1 is 1.13 bits per heavy atom. The van der Waals surface area contributed by atoms with Gasteiger partial charge in [0.2, 0.25) is 0 Å². The molecule has 2 aromatic heterocycles. The largest absolute Gasteiger partial charge is 0.360 e. The summed E-state index contributed by atoms with van der Waals surface area (Å²) in [5, 5.41) is 7.69. The molecule has 0 aliphatic carbocycles. The SMILES string of the molecule is Cc1onc(-c2ccccc2)c1C(=O)Nc1nc2c(s1)CN(Cc1ccccc1)CC2. The van der Waals surface area contributed by atoms with Gasteiger partial charge in [0.15, 0.2) is 5.13 Å². The molecule has 0 saturated heterocycles. The molecule has 0 radical (unpaired) electrons. The fourth-order valence-corrected chi connectivity index (χ4v) is 4.92. The highest BCUT2D eigenvalue weighted by atomic mass is 32.1. The van der Waals surface area contributed by atoms with Crippen LogP contribution >= 0.6 is 11.3 Å². The number of nitrogens with zero attached hydrogens (tertiary/aromatic N) is 3. The Morgan fingerprint density at radius 2 is 1.87 bits per heavy atom. The van der Waals surface area contributed by atoms with Crippen molar-refractivity contribution in [3.63, 3.8) is 0 Å². The van der Waals surface area contributed by atoms with Crippen LogP contribution in [-0.2, 0) is 19.5 Å². The van der Waals surface area contributed by atoms with E-state index in [4.69, 9.17) is 4.52 Å². The molecule has 1 aliphatic heterocycles. The first-order valence-electron chi connectivity index (χ1n) is 10.3. The highest BCUT2D eigenvalue weighted by Crippen LogP contribution is 2.31. The van der Waals surface area contributed by atoms with Gasteiger partial charge in [-0.25, -0.2) is 4.98 Å². The number of fused-ring (bicyclic) bond motifs is 1. The standard InChI is InChI=1S/C24H22N4O2S/c1-16-21(22(27-30-16)18-10-6-3-7-11-18)23(29)26-24-25-19-12-13-28(15-20(19)31-24)14-17-8-4-2-5-9-17/h2-11H,12-15H2,1H3,(H,25,26,29). The summed E-state index contributed by atoms with van der Waals surface area (Å²) in [6.07, 6.45) is 0.885. The lowest BCUT2D eigenvalue weighted by Crippen LogP contribution is -2.29. The van der Waals surface area contributed by atoms with Crippen molar-refractivity contribution in [2.45, 2.75) is 26.4 Å². The molecule has 0 atom stereocenters. The number of carbonyl (C=O) groups is 1. The van der Waals surface area contributed by atoms with Crippen molar-refractivity contribution >= 4 is 22.4 Å². The molecular weight excluding hydrogens is 408 g/mol. The van der Waals surface area contributed by atoms with Crippen LogP contribution in [0.25, 0.3) is 11.3 Å². The smallest absolute Gasteiger partial charge is 0.263 e. The Morgan fingerprint density at radius 3 is 2.65 bits per heavy atom. The number of hydrogen-bond acceptors (Lipinski definition) is 6. The Hall–Kier alpha value is -3.29. The van der Waals surface area contributed by atoms with E-state index in [2.05, 4.69) is 44.6 Å². The van der Waals surface area contributed by atoms with Gasteiger partial charge in [-0.3, -0.25) is 15.0 Å². The molecule has 1 amide bonds. The predicted octanol–water partition coefficient (Wildman–Crippen LogP) is 4.92. The van der Waals surface area contributed by atoms with Crippen molar-refractivity contribution in [1.29, 1.82) is 0 Å². The molecule has 5 rings (SSSR count). The number of anilines is 1. The zero-order valence-electron chi connectivity index (χ0n) is 17.2. The van der Waals surface area contributed by atoms with Gasteiger partial charge in [-0.05, 0) is 12.5 Å². The van der Waals surface area contributed by atoms with Crippen LogP contribution in [0.4, 0.5) is 5.13 Å². The van der Waals surface area contributed by atoms with Gasteiger partial charge in [0.05, 0.1) is 5.69 Å². The Labute approximate surface area is 184 Å². The average molecular weight is 431 g/mol. The first-order chi connectivity index (χ1) is 15.2. The van der Waals surface area contributed by atoms with E-state index >= 15 is 0 Å². The van der Waals surface area contributed by atoms with Crippen LogP contribution in [-0.4, -0.2) is 27.5 Å². The van der Waals surface area contributed by atoms with Crippen LogP contribution < -0.4 is 5.32 Å². The van der Waals surface area contributed by atoms with E-state index in [-0.39, 0.29) is 5.91 Å². The summed E-state index contributed by atoms with van der Waals surface area (Å²) in [4.78, 5) is 21.4. The minimum atomic E-state index is -0.246. The molecular formula is C24H22N4O2S. The molecule has 1 aliphatic rings. The van der Waals surface area contributed by atoms with Crippen molar-refractivity contribution in [1.82, 2.24) is 15.0 Å². The van der Waals surface area contributed by atoms with Crippen molar-refractivity contribution in [2.24, 2.45) is 0 Å². The lowest BCUT2D eigenvalue weighted by molar-refractivity contribution is 0.102. The van der Waals surface area contributed by atoms with Gasteiger partial charge >= 0.3 is 0 Å². The quantitative estimate of drug-likeness (QED) is 0.487. The van der Waals surface area contributed by atoms with E-state index in [0.717, 1.165) is 37.3 Å². The molecule has 0 saturated carbocycles. The zero-order valence-corrected chi connectivity index (χ0v) is 18.0. The van der Waals surface area contributed by atoms with E-state index in [0.29, 0.717) is 22.1 Å². The summed E-state index contributed by atoms with van der Waals surface area (Å²) in [5.74, 6) is 0.247. The molecule has 0 fully saturated rings. The van der Waals surface area contributed by atoms with Gasteiger partial charge in [0.1, 0.15) is 17.0 Å². The van der Waals surface area contributed by atoms with Gasteiger partial charge in [-0.15, -0.1) is 11.3 Å². The normalized spacial score (nSPS) is 13.7. The minimum Gasteiger partial charge on any atom is -0.360 e. The number of nitrogens with one attached hydrogen (secondary N) is 1. The summed E-state index contributed by atoms with van der Waals surface area (Å²) in [5.41, 5.74) is 4.23. The summed E-state index contributed by atoms with van der Waals surface area (Å²) < 4.78 is 5.33. The summed E-state index contributed by atoms with van der Waals surface area (Å²) >= 11 is 1.55. The summed E-state index contributed by atoms with van der Waals surface area (Å²) in [7, 11) is 0. The third-order valence-electron chi connectivity index (χ3n) is 5.42. The fourth-order valence-electron chi connectivity index (χ4n) is 3.87. The number of thiazole rings is 1. The van der Waals surface area contributed by atoms with Crippen molar-refractivity contribution < 1.29 is 9.32 Å². The molecule has 0 unspecified atom stereocenters. The van der Waals surface area contributed by atoms with Crippen LogP contribution in [0.5, 0.6) is 0 Å². The lowest BCUT2D eigenvalue weighted by atomic mass is 10.1. The molecule has 2 aromatic carbocycles. The second kappa shape index (κ2) is 8.45. The van der Waals surface area contributed by atoms with Crippen molar-refractivity contribution in [3.8, 4) is 11.3 Å². The van der Waals surface area contributed by atoms with Gasteiger partial charge in [0, 0.05) is 36.5 Å². The first-order valence-corrected chi connectivity index (χ1v) is 11.1. The number of aryl methyl sites for hydroxylation is 1. The highest BCUT2D eigenvalue weighted by molar-refractivity contribution is 7.15. The number of carbonyl (C=O) groups excluding carboxylic acids is 1. The number of benzene rings is 2. The Balaban J connectivity index is 1.32. The second-order valence-corrected chi connectivity index (χ2v) is 8.70. The second-order valence-electron chi connectivity index (χ2n) is 7.62. The number of aromatic nitrogens is 2. The molecule has 4 aromatic rings. The van der Waals surface area contributed by atoms with E-state index in [1.54, 1.807) is 18.3 Å². The summed E-state index contributed by atoms with van der Waals surface area (Å²) in [6, 6.07) is 20.1. The van der Waals surface area contributed by atoms with E-state index in [1.807, 2.05) is 36.4 Å². The van der Waals surface area contributed by atoms with Gasteiger partial charge in [-0.2, -0.15) is 0 Å². The van der Waals surface area contributed by atoms with Crippen LogP contribution in [0.15, 0.2) is 65.2 Å². The maximum absolute atomic E-state index is 13.1. The number of amides is 1. The van der Waals surface area contributed by atoms with Crippen LogP contribution in [0.3, 0.4) is 0 Å². The minimum absolute atomic E-state index is 0.246. The molecule has 7 heteroatoms. The van der Waals surface area contributed by atoms with E-state index in [1.165, 1.54) is 10.4 Å². The average Bonchev–Trinajstić information content (AvgIpc) is 3.37. The molecule has 156 valence electrons. The fraction of sp³-hybridized carbons (Fsp3) is 0.208. The van der Waals surface area contributed by atoms with Gasteiger partial charge in [0.25, 0.3) is 5.91 Å². The third-order valence-corrected chi connectivity index (χ3v) is 6.41. The topological polar surface area (TPSA) is 71.3 Å².